The van der Waals surface area contributed by atoms with Gasteiger partial charge in [-0.05, 0) is 24.5 Å². The van der Waals surface area contributed by atoms with Crippen LogP contribution in [0.1, 0.15) is 30.9 Å². The van der Waals surface area contributed by atoms with Crippen LogP contribution in [0.2, 0.25) is 0 Å². The largest absolute Gasteiger partial charge is 0.466 e. The van der Waals surface area contributed by atoms with Crippen molar-refractivity contribution in [1.29, 1.82) is 0 Å². The van der Waals surface area contributed by atoms with Gasteiger partial charge in [-0.15, -0.1) is 0 Å². The van der Waals surface area contributed by atoms with Gasteiger partial charge in [0.15, 0.2) is 0 Å². The Labute approximate surface area is 119 Å². The molecular formula is C16H21NO3. The van der Waals surface area contributed by atoms with Crippen LogP contribution in [0.25, 0.3) is 0 Å². The topological polar surface area (TPSA) is 46.6 Å². The lowest BCUT2D eigenvalue weighted by Crippen LogP contribution is -2.34. The minimum Gasteiger partial charge on any atom is -0.466 e. The minimum absolute atomic E-state index is 0.109. The third kappa shape index (κ3) is 4.17. The van der Waals surface area contributed by atoms with E-state index in [2.05, 4.69) is 23.1 Å². The van der Waals surface area contributed by atoms with Crippen molar-refractivity contribution in [2.24, 2.45) is 0 Å². The van der Waals surface area contributed by atoms with Crippen molar-refractivity contribution in [3.8, 4) is 0 Å². The van der Waals surface area contributed by atoms with Gasteiger partial charge in [-0.2, -0.15) is 0 Å². The number of benzene rings is 1. The van der Waals surface area contributed by atoms with E-state index in [0.29, 0.717) is 13.2 Å². The molecular weight excluding hydrogens is 254 g/mol. The zero-order chi connectivity index (χ0) is 14.4. The van der Waals surface area contributed by atoms with Gasteiger partial charge in [0.2, 0.25) is 0 Å². The highest BCUT2D eigenvalue weighted by Gasteiger charge is 2.18. The van der Waals surface area contributed by atoms with Gasteiger partial charge in [-0.1, -0.05) is 24.3 Å². The Bertz CT molecular complexity index is 484. The predicted octanol–water partition coefficient (Wildman–Crippen LogP) is 1.96. The second-order valence-corrected chi connectivity index (χ2v) is 5.07. The summed E-state index contributed by atoms with van der Waals surface area (Å²) in [6, 6.07) is 8.35. The molecule has 1 aromatic carbocycles. The van der Waals surface area contributed by atoms with E-state index in [1.165, 1.54) is 11.1 Å². The summed E-state index contributed by atoms with van der Waals surface area (Å²) in [5.41, 5.74) is 2.68. The minimum atomic E-state index is -0.287. The van der Waals surface area contributed by atoms with Crippen LogP contribution >= 0.6 is 0 Å². The van der Waals surface area contributed by atoms with Gasteiger partial charge >= 0.3 is 5.97 Å². The Morgan fingerprint density at radius 3 is 2.70 bits per heavy atom. The fourth-order valence-corrected chi connectivity index (χ4v) is 2.49. The number of ether oxygens (including phenoxy) is 1. The second kappa shape index (κ2) is 7.20. The van der Waals surface area contributed by atoms with E-state index in [4.69, 9.17) is 4.74 Å². The number of carbonyl (C=O) groups excluding carboxylic acids is 2. The molecule has 0 unspecified atom stereocenters. The summed E-state index contributed by atoms with van der Waals surface area (Å²) in [6.07, 6.45) is 1.45. The zero-order valence-corrected chi connectivity index (χ0v) is 11.9. The van der Waals surface area contributed by atoms with E-state index in [9.17, 15) is 9.59 Å². The molecule has 0 atom stereocenters. The highest BCUT2D eigenvalue weighted by molar-refractivity contribution is 5.84. The van der Waals surface area contributed by atoms with Crippen LogP contribution < -0.4 is 0 Å². The van der Waals surface area contributed by atoms with Gasteiger partial charge < -0.3 is 4.74 Å². The zero-order valence-electron chi connectivity index (χ0n) is 11.9. The Balaban J connectivity index is 1.77. The Morgan fingerprint density at radius 1 is 1.20 bits per heavy atom. The number of hydrogen-bond acceptors (Lipinski definition) is 4. The first kappa shape index (κ1) is 14.7. The summed E-state index contributed by atoms with van der Waals surface area (Å²) in [5, 5.41) is 0. The van der Waals surface area contributed by atoms with Gasteiger partial charge in [-0.25, -0.2) is 0 Å². The summed E-state index contributed by atoms with van der Waals surface area (Å²) in [4.78, 5) is 25.2. The van der Waals surface area contributed by atoms with Gasteiger partial charge in [-0.3, -0.25) is 14.5 Å². The van der Waals surface area contributed by atoms with Crippen molar-refractivity contribution >= 4 is 11.8 Å². The quantitative estimate of drug-likeness (QED) is 0.745. The molecule has 4 nitrogen and oxygen atoms in total. The molecule has 0 bridgehead atoms. The molecule has 2 rings (SSSR count). The summed E-state index contributed by atoms with van der Waals surface area (Å²) < 4.78 is 4.82. The molecule has 1 aliphatic heterocycles. The molecule has 1 aromatic rings. The molecule has 0 spiro atoms. The van der Waals surface area contributed by atoms with Gasteiger partial charge in [0.05, 0.1) is 19.6 Å². The van der Waals surface area contributed by atoms with E-state index in [-0.39, 0.29) is 24.6 Å². The van der Waals surface area contributed by atoms with Crippen LogP contribution in [-0.2, 0) is 27.3 Å². The molecule has 0 saturated carbocycles. The number of fused-ring (bicyclic) bond motifs is 1. The fraction of sp³-hybridized carbons (Fsp3) is 0.500. The monoisotopic (exact) mass is 275 g/mol. The standard InChI is InChI=1S/C16H21NO3/c1-2-20-16(19)8-7-15(18)12-17-10-9-13-5-3-4-6-14(13)11-17/h3-6H,2,7-12H2,1H3. The first-order valence-corrected chi connectivity index (χ1v) is 7.15. The highest BCUT2D eigenvalue weighted by atomic mass is 16.5. The number of hydrogen-bond donors (Lipinski definition) is 0. The molecule has 0 radical (unpaired) electrons. The van der Waals surface area contributed by atoms with E-state index < -0.39 is 0 Å². The Morgan fingerprint density at radius 2 is 1.95 bits per heavy atom. The van der Waals surface area contributed by atoms with Crippen molar-refractivity contribution in [1.82, 2.24) is 4.90 Å². The smallest absolute Gasteiger partial charge is 0.306 e. The second-order valence-electron chi connectivity index (χ2n) is 5.07. The average Bonchev–Trinajstić information content (AvgIpc) is 2.45. The van der Waals surface area contributed by atoms with Crippen molar-refractivity contribution in [2.45, 2.75) is 32.7 Å². The molecule has 108 valence electrons. The van der Waals surface area contributed by atoms with E-state index in [1.54, 1.807) is 6.92 Å². The lowest BCUT2D eigenvalue weighted by molar-refractivity contribution is -0.144. The number of esters is 1. The highest BCUT2D eigenvalue weighted by Crippen LogP contribution is 2.18. The van der Waals surface area contributed by atoms with Crippen LogP contribution in [-0.4, -0.2) is 36.3 Å². The third-order valence-electron chi connectivity index (χ3n) is 3.52. The lowest BCUT2D eigenvalue weighted by Gasteiger charge is -2.28. The molecule has 0 N–H and O–H groups in total. The maximum Gasteiger partial charge on any atom is 0.306 e. The molecule has 4 heteroatoms. The summed E-state index contributed by atoms with van der Waals surface area (Å²) in [5.74, 6) is -0.178. The van der Waals surface area contributed by atoms with Gasteiger partial charge in [0.1, 0.15) is 5.78 Å². The maximum absolute atomic E-state index is 11.9. The lowest BCUT2D eigenvalue weighted by atomic mass is 9.99. The van der Waals surface area contributed by atoms with Crippen molar-refractivity contribution in [2.75, 3.05) is 19.7 Å². The van der Waals surface area contributed by atoms with Crippen molar-refractivity contribution in [3.63, 3.8) is 0 Å². The molecule has 0 aliphatic carbocycles. The number of nitrogens with zero attached hydrogens (tertiary/aromatic N) is 1. The SMILES string of the molecule is CCOC(=O)CCC(=O)CN1CCc2ccccc2C1. The number of rotatable bonds is 6. The Hall–Kier alpha value is -1.68. The van der Waals surface area contributed by atoms with E-state index in [0.717, 1.165) is 19.5 Å². The van der Waals surface area contributed by atoms with Crippen LogP contribution in [0.15, 0.2) is 24.3 Å². The van der Waals surface area contributed by atoms with Crippen molar-refractivity contribution in [3.05, 3.63) is 35.4 Å². The van der Waals surface area contributed by atoms with Gasteiger partial charge in [0, 0.05) is 19.5 Å². The van der Waals surface area contributed by atoms with Crippen LogP contribution in [0.4, 0.5) is 0 Å². The first-order valence-electron chi connectivity index (χ1n) is 7.15. The molecule has 20 heavy (non-hydrogen) atoms. The number of ketones is 1. The average molecular weight is 275 g/mol. The van der Waals surface area contributed by atoms with Crippen molar-refractivity contribution < 1.29 is 14.3 Å². The van der Waals surface area contributed by atoms with Crippen LogP contribution in [0.5, 0.6) is 0 Å². The molecule has 1 aliphatic rings. The molecule has 0 amide bonds. The summed E-state index contributed by atoms with van der Waals surface area (Å²) >= 11 is 0. The molecule has 0 saturated heterocycles. The third-order valence-corrected chi connectivity index (χ3v) is 3.52. The molecule has 0 fully saturated rings. The first-order chi connectivity index (χ1) is 9.69. The summed E-state index contributed by atoms with van der Waals surface area (Å²) in [7, 11) is 0. The maximum atomic E-state index is 11.9. The predicted molar refractivity (Wildman–Crippen MR) is 76.3 cm³/mol. The fourth-order valence-electron chi connectivity index (χ4n) is 2.49. The normalized spacial score (nSPS) is 14.7. The molecule has 0 aromatic heterocycles. The number of carbonyl (C=O) groups is 2. The van der Waals surface area contributed by atoms with E-state index in [1.807, 2.05) is 6.07 Å². The molecule has 1 heterocycles. The van der Waals surface area contributed by atoms with E-state index >= 15 is 0 Å². The van der Waals surface area contributed by atoms with Gasteiger partial charge in [0.25, 0.3) is 0 Å². The number of Topliss-reactive ketones (excluding diaryl/α,β-unsaturated/α-hetero) is 1. The Kier molecular flexibility index (Phi) is 5.30. The van der Waals surface area contributed by atoms with Crippen LogP contribution in [0, 0.1) is 0 Å². The van der Waals surface area contributed by atoms with Crippen LogP contribution in [0.3, 0.4) is 0 Å². The summed E-state index contributed by atoms with van der Waals surface area (Å²) in [6.45, 7) is 4.29.